The first-order valence-electron chi connectivity index (χ1n) is 6.54. The summed E-state index contributed by atoms with van der Waals surface area (Å²) < 4.78 is 70.7. The van der Waals surface area contributed by atoms with Crippen molar-refractivity contribution in [2.75, 3.05) is 12.0 Å². The topological polar surface area (TPSA) is 74.1 Å². The molecule has 2 aromatic rings. The number of rotatable bonds is 5. The summed E-state index contributed by atoms with van der Waals surface area (Å²) in [4.78, 5) is 11.5. The molecular formula is C15H8F5N3O2. The Morgan fingerprint density at radius 1 is 0.960 bits per heavy atom. The quantitative estimate of drug-likeness (QED) is 0.374. The second kappa shape index (κ2) is 7.48. The molecule has 0 aliphatic heterocycles. The molecule has 0 radical (unpaired) electrons. The summed E-state index contributed by atoms with van der Waals surface area (Å²) in [5.41, 5.74) is 2.34. The van der Waals surface area contributed by atoms with E-state index in [0.29, 0.717) is 5.56 Å². The zero-order chi connectivity index (χ0) is 18.6. The first kappa shape index (κ1) is 18.0. The molecular weight excluding hydrogens is 349 g/mol. The van der Waals surface area contributed by atoms with Gasteiger partial charge in [0, 0.05) is 0 Å². The van der Waals surface area contributed by atoms with Crippen LogP contribution in [0.15, 0.2) is 24.3 Å². The van der Waals surface area contributed by atoms with Gasteiger partial charge in [0.1, 0.15) is 11.4 Å². The van der Waals surface area contributed by atoms with Crippen molar-refractivity contribution < 1.29 is 31.5 Å². The van der Waals surface area contributed by atoms with Gasteiger partial charge < -0.3 is 4.74 Å². The summed E-state index contributed by atoms with van der Waals surface area (Å²) >= 11 is 0. The van der Waals surface area contributed by atoms with Crippen molar-refractivity contribution in [1.82, 2.24) is 5.43 Å². The lowest BCUT2D eigenvalue weighted by molar-refractivity contribution is -0.122. The van der Waals surface area contributed by atoms with Gasteiger partial charge in [-0.25, -0.2) is 22.0 Å². The van der Waals surface area contributed by atoms with Gasteiger partial charge in [0.15, 0.2) is 29.9 Å². The Kier molecular flexibility index (Phi) is 5.38. The van der Waals surface area contributed by atoms with E-state index in [1.165, 1.54) is 24.3 Å². The third kappa shape index (κ3) is 3.95. The number of amides is 1. The maximum Gasteiger partial charge on any atom is 0.276 e. The molecule has 130 valence electrons. The van der Waals surface area contributed by atoms with Gasteiger partial charge in [-0.2, -0.15) is 5.26 Å². The van der Waals surface area contributed by atoms with Crippen LogP contribution < -0.4 is 15.6 Å². The monoisotopic (exact) mass is 357 g/mol. The molecule has 0 aliphatic carbocycles. The number of ether oxygens (including phenoxy) is 1. The van der Waals surface area contributed by atoms with E-state index in [2.05, 4.69) is 0 Å². The first-order valence-corrected chi connectivity index (χ1v) is 6.54. The van der Waals surface area contributed by atoms with Crippen LogP contribution in [0.5, 0.6) is 5.75 Å². The largest absolute Gasteiger partial charge is 0.484 e. The van der Waals surface area contributed by atoms with Crippen molar-refractivity contribution in [2.24, 2.45) is 0 Å². The minimum absolute atomic E-state index is 0.227. The van der Waals surface area contributed by atoms with Gasteiger partial charge in [-0.05, 0) is 24.3 Å². The third-order valence-corrected chi connectivity index (χ3v) is 2.89. The van der Waals surface area contributed by atoms with Gasteiger partial charge in [0.25, 0.3) is 5.91 Å². The Morgan fingerprint density at radius 2 is 1.48 bits per heavy atom. The molecule has 5 nitrogen and oxygen atoms in total. The van der Waals surface area contributed by atoms with Gasteiger partial charge >= 0.3 is 0 Å². The van der Waals surface area contributed by atoms with Crippen molar-refractivity contribution in [3.05, 3.63) is 58.9 Å². The lowest BCUT2D eigenvalue weighted by atomic mass is 10.2. The lowest BCUT2D eigenvalue weighted by Gasteiger charge is -2.12. The van der Waals surface area contributed by atoms with Crippen molar-refractivity contribution in [3.63, 3.8) is 0 Å². The number of carbonyl (C=O) groups is 1. The predicted octanol–water partition coefficient (Wildman–Crippen LogP) is 2.78. The minimum Gasteiger partial charge on any atom is -0.484 e. The first-order chi connectivity index (χ1) is 11.8. The highest BCUT2D eigenvalue weighted by atomic mass is 19.2. The van der Waals surface area contributed by atoms with E-state index in [9.17, 15) is 26.7 Å². The minimum atomic E-state index is -2.31. The second-order valence-electron chi connectivity index (χ2n) is 4.54. The summed E-state index contributed by atoms with van der Waals surface area (Å²) in [5.74, 6) is -11.6. The molecule has 0 bridgehead atoms. The van der Waals surface area contributed by atoms with Crippen LogP contribution in [-0.2, 0) is 4.79 Å². The van der Waals surface area contributed by atoms with E-state index in [1.54, 1.807) is 10.9 Å². The smallest absolute Gasteiger partial charge is 0.276 e. The SMILES string of the molecule is N#Cc1ccc(OCC(=O)NNc2c(F)c(F)c(F)c(F)c2F)cc1. The number of carbonyl (C=O) groups excluding carboxylic acids is 1. The van der Waals surface area contributed by atoms with Gasteiger partial charge in [-0.3, -0.25) is 15.6 Å². The summed E-state index contributed by atoms with van der Waals surface area (Å²) in [7, 11) is 0. The van der Waals surface area contributed by atoms with Crippen LogP contribution in [0.2, 0.25) is 0 Å². The zero-order valence-electron chi connectivity index (χ0n) is 12.2. The summed E-state index contributed by atoms with van der Waals surface area (Å²) in [6, 6.07) is 7.55. The highest BCUT2D eigenvalue weighted by Gasteiger charge is 2.26. The molecule has 0 saturated carbocycles. The maximum atomic E-state index is 13.4. The molecule has 1 amide bonds. The van der Waals surface area contributed by atoms with E-state index < -0.39 is 47.3 Å². The normalized spacial score (nSPS) is 10.1. The Morgan fingerprint density at radius 3 is 2.00 bits per heavy atom. The molecule has 0 fully saturated rings. The highest BCUT2D eigenvalue weighted by molar-refractivity contribution is 5.79. The van der Waals surface area contributed by atoms with E-state index in [1.807, 2.05) is 6.07 Å². The number of hydrogen-bond donors (Lipinski definition) is 2. The van der Waals surface area contributed by atoms with Crippen molar-refractivity contribution in [3.8, 4) is 11.8 Å². The molecule has 0 saturated heterocycles. The number of nitrogens with zero attached hydrogens (tertiary/aromatic N) is 1. The Labute approximate surface area is 137 Å². The third-order valence-electron chi connectivity index (χ3n) is 2.89. The van der Waals surface area contributed by atoms with Crippen LogP contribution in [-0.4, -0.2) is 12.5 Å². The molecule has 0 aliphatic rings. The number of benzene rings is 2. The number of hydrazine groups is 1. The molecule has 2 rings (SSSR count). The number of nitrogens with one attached hydrogen (secondary N) is 2. The van der Waals surface area contributed by atoms with E-state index in [4.69, 9.17) is 10.00 Å². The lowest BCUT2D eigenvalue weighted by Crippen LogP contribution is -2.34. The average molecular weight is 357 g/mol. The molecule has 0 heterocycles. The zero-order valence-corrected chi connectivity index (χ0v) is 12.2. The molecule has 2 aromatic carbocycles. The van der Waals surface area contributed by atoms with Crippen molar-refractivity contribution in [1.29, 1.82) is 5.26 Å². The van der Waals surface area contributed by atoms with Crippen molar-refractivity contribution >= 4 is 11.6 Å². The fourth-order valence-electron chi connectivity index (χ4n) is 1.66. The summed E-state index contributed by atoms with van der Waals surface area (Å²) in [6.07, 6.45) is 0. The van der Waals surface area contributed by atoms with Crippen LogP contribution >= 0.6 is 0 Å². The van der Waals surface area contributed by atoms with Crippen LogP contribution in [0.25, 0.3) is 0 Å². The number of nitriles is 1. The Hall–Kier alpha value is -3.35. The maximum absolute atomic E-state index is 13.4. The molecule has 0 aromatic heterocycles. The van der Waals surface area contributed by atoms with Crippen LogP contribution in [0.3, 0.4) is 0 Å². The average Bonchev–Trinajstić information content (AvgIpc) is 2.63. The van der Waals surface area contributed by atoms with E-state index in [-0.39, 0.29) is 5.75 Å². The van der Waals surface area contributed by atoms with Gasteiger partial charge in [-0.15, -0.1) is 0 Å². The number of halogens is 5. The predicted molar refractivity (Wildman–Crippen MR) is 74.6 cm³/mol. The van der Waals surface area contributed by atoms with Crippen LogP contribution in [0, 0.1) is 40.4 Å². The van der Waals surface area contributed by atoms with E-state index in [0.717, 1.165) is 0 Å². The van der Waals surface area contributed by atoms with Crippen LogP contribution in [0.4, 0.5) is 27.6 Å². The number of anilines is 1. The molecule has 0 spiro atoms. The van der Waals surface area contributed by atoms with Crippen LogP contribution in [0.1, 0.15) is 5.56 Å². The standard InChI is InChI=1S/C15H8F5N3O2/c16-10-11(17)13(19)15(14(20)12(10)18)23-22-9(24)6-25-8-3-1-7(5-21)2-4-8/h1-4,23H,6H2,(H,22,24). The van der Waals surface area contributed by atoms with Crippen molar-refractivity contribution in [2.45, 2.75) is 0 Å². The Bertz CT molecular complexity index is 821. The van der Waals surface area contributed by atoms with Gasteiger partial charge in [0.05, 0.1) is 11.6 Å². The van der Waals surface area contributed by atoms with Gasteiger partial charge in [0.2, 0.25) is 5.82 Å². The fraction of sp³-hybridized carbons (Fsp3) is 0.0667. The Balaban J connectivity index is 1.97. The molecule has 10 heteroatoms. The summed E-state index contributed by atoms with van der Waals surface area (Å²) in [6.45, 7) is -0.617. The molecule has 0 unspecified atom stereocenters. The second-order valence-corrected chi connectivity index (χ2v) is 4.54. The molecule has 2 N–H and O–H groups in total. The van der Waals surface area contributed by atoms with E-state index >= 15 is 0 Å². The number of hydrogen-bond acceptors (Lipinski definition) is 4. The highest BCUT2D eigenvalue weighted by Crippen LogP contribution is 2.26. The fourth-order valence-corrected chi connectivity index (χ4v) is 1.66. The molecule has 25 heavy (non-hydrogen) atoms. The summed E-state index contributed by atoms with van der Waals surface area (Å²) in [5, 5.41) is 8.62. The van der Waals surface area contributed by atoms with Gasteiger partial charge in [-0.1, -0.05) is 0 Å². The molecule has 0 atom stereocenters.